The zero-order valence-corrected chi connectivity index (χ0v) is 11.0. The summed E-state index contributed by atoms with van der Waals surface area (Å²) in [5.74, 6) is -0.536. The van der Waals surface area contributed by atoms with E-state index < -0.39 is 14.9 Å². The van der Waals surface area contributed by atoms with Crippen LogP contribution < -0.4 is 0 Å². The van der Waals surface area contributed by atoms with Crippen LogP contribution in [0.1, 0.15) is 11.1 Å². The van der Waals surface area contributed by atoms with Crippen molar-refractivity contribution in [1.82, 2.24) is 9.78 Å². The Bertz CT molecular complexity index is 764. The molecule has 1 heterocycles. The molecule has 2 rings (SSSR count). The first-order valence-corrected chi connectivity index (χ1v) is 7.36. The molecule has 98 valence electrons. The second kappa shape index (κ2) is 4.99. The van der Waals surface area contributed by atoms with Gasteiger partial charge in [-0.25, -0.2) is 12.8 Å². The largest absolute Gasteiger partial charge is 0.267 e. The highest BCUT2D eigenvalue weighted by molar-refractivity contribution is 8.13. The molecule has 19 heavy (non-hydrogen) atoms. The number of halogens is 2. The number of hydrogen-bond acceptors (Lipinski definition) is 4. The van der Waals surface area contributed by atoms with Crippen LogP contribution in [0.25, 0.3) is 0 Å². The van der Waals surface area contributed by atoms with Crippen molar-refractivity contribution in [3.05, 3.63) is 47.5 Å². The maximum Gasteiger partial charge on any atom is 0.264 e. The normalized spacial score (nSPS) is 11.2. The second-order valence-electron chi connectivity index (χ2n) is 3.77. The molecule has 1 aromatic heterocycles. The van der Waals surface area contributed by atoms with E-state index in [0.717, 1.165) is 12.3 Å². The van der Waals surface area contributed by atoms with E-state index >= 15 is 0 Å². The molecule has 0 spiro atoms. The molecule has 0 saturated carbocycles. The highest BCUT2D eigenvalue weighted by Gasteiger charge is 2.12. The molecule has 0 aliphatic carbocycles. The SMILES string of the molecule is N#Cc1cc(F)cc(Cn2cc(S(=O)(=O)Cl)cn2)c1. The second-order valence-corrected chi connectivity index (χ2v) is 6.34. The third kappa shape index (κ3) is 3.30. The Balaban J connectivity index is 2.29. The molecule has 0 radical (unpaired) electrons. The average Bonchev–Trinajstić information content (AvgIpc) is 2.76. The lowest BCUT2D eigenvalue weighted by Gasteiger charge is -2.02. The van der Waals surface area contributed by atoms with E-state index in [-0.39, 0.29) is 17.0 Å². The molecule has 5 nitrogen and oxygen atoms in total. The van der Waals surface area contributed by atoms with Crippen molar-refractivity contribution >= 4 is 19.7 Å². The van der Waals surface area contributed by atoms with E-state index in [1.807, 2.05) is 6.07 Å². The average molecular weight is 300 g/mol. The van der Waals surface area contributed by atoms with Gasteiger partial charge in [-0.1, -0.05) is 0 Å². The maximum absolute atomic E-state index is 13.2. The number of hydrogen-bond donors (Lipinski definition) is 0. The van der Waals surface area contributed by atoms with Crippen LogP contribution in [-0.2, 0) is 15.6 Å². The van der Waals surface area contributed by atoms with Crippen molar-refractivity contribution in [2.45, 2.75) is 11.4 Å². The molecule has 0 N–H and O–H groups in total. The molecule has 0 aliphatic heterocycles. The third-order valence-corrected chi connectivity index (χ3v) is 3.63. The van der Waals surface area contributed by atoms with E-state index in [2.05, 4.69) is 5.10 Å². The Kier molecular flexibility index (Phi) is 3.55. The summed E-state index contributed by atoms with van der Waals surface area (Å²) in [6, 6.07) is 5.70. The molecular formula is C11H7ClFN3O2S. The Morgan fingerprint density at radius 1 is 1.42 bits per heavy atom. The summed E-state index contributed by atoms with van der Waals surface area (Å²) in [5.41, 5.74) is 0.686. The first-order chi connectivity index (χ1) is 8.88. The molecule has 0 fully saturated rings. The number of nitrogens with zero attached hydrogens (tertiary/aromatic N) is 3. The van der Waals surface area contributed by atoms with Crippen molar-refractivity contribution in [2.24, 2.45) is 0 Å². The van der Waals surface area contributed by atoms with Gasteiger partial charge in [0.2, 0.25) is 0 Å². The zero-order chi connectivity index (χ0) is 14.0. The van der Waals surface area contributed by atoms with Crippen molar-refractivity contribution in [1.29, 1.82) is 5.26 Å². The van der Waals surface area contributed by atoms with Gasteiger partial charge in [0.05, 0.1) is 24.4 Å². The fourth-order valence-corrected chi connectivity index (χ4v) is 2.21. The Morgan fingerprint density at radius 3 is 2.74 bits per heavy atom. The lowest BCUT2D eigenvalue weighted by atomic mass is 10.1. The summed E-state index contributed by atoms with van der Waals surface area (Å²) in [5, 5.41) is 12.5. The van der Waals surface area contributed by atoms with Gasteiger partial charge < -0.3 is 0 Å². The monoisotopic (exact) mass is 299 g/mol. The van der Waals surface area contributed by atoms with Gasteiger partial charge in [0, 0.05) is 16.9 Å². The van der Waals surface area contributed by atoms with E-state index in [0.29, 0.717) is 5.56 Å². The minimum absolute atomic E-state index is 0.133. The van der Waals surface area contributed by atoms with Crippen LogP contribution in [0, 0.1) is 17.1 Å². The number of nitriles is 1. The van der Waals surface area contributed by atoms with Gasteiger partial charge >= 0.3 is 0 Å². The molecular weight excluding hydrogens is 293 g/mol. The van der Waals surface area contributed by atoms with Gasteiger partial charge in [0.15, 0.2) is 0 Å². The third-order valence-electron chi connectivity index (χ3n) is 2.32. The molecule has 0 atom stereocenters. The number of aromatic nitrogens is 2. The van der Waals surface area contributed by atoms with Gasteiger partial charge in [-0.3, -0.25) is 4.68 Å². The maximum atomic E-state index is 13.2. The standard InChI is InChI=1S/C11H7ClFN3O2S/c12-19(17,18)11-5-15-16(7-11)6-9-1-8(4-14)2-10(13)3-9/h1-3,5,7H,6H2. The number of benzene rings is 1. The van der Waals surface area contributed by atoms with Gasteiger partial charge in [-0.2, -0.15) is 10.4 Å². The molecule has 0 aliphatic rings. The molecule has 0 saturated heterocycles. The molecule has 8 heteroatoms. The predicted octanol–water partition coefficient (Wildman–Crippen LogP) is 1.87. The smallest absolute Gasteiger partial charge is 0.264 e. The quantitative estimate of drug-likeness (QED) is 0.811. The molecule has 0 bridgehead atoms. The van der Waals surface area contributed by atoms with E-state index in [4.69, 9.17) is 15.9 Å². The Hall–Kier alpha value is -1.91. The van der Waals surface area contributed by atoms with Crippen LogP contribution >= 0.6 is 10.7 Å². The predicted molar refractivity (Wildman–Crippen MR) is 65.5 cm³/mol. The topological polar surface area (TPSA) is 75.8 Å². The fourth-order valence-electron chi connectivity index (χ4n) is 1.55. The van der Waals surface area contributed by atoms with E-state index in [9.17, 15) is 12.8 Å². The lowest BCUT2D eigenvalue weighted by molar-refractivity contribution is 0.608. The summed E-state index contributed by atoms with van der Waals surface area (Å²) >= 11 is 0. The van der Waals surface area contributed by atoms with E-state index in [1.165, 1.54) is 23.0 Å². The van der Waals surface area contributed by atoms with Crippen molar-refractivity contribution in [3.8, 4) is 6.07 Å². The molecule has 1 aromatic carbocycles. The Labute approximate surface area is 113 Å². The highest BCUT2D eigenvalue weighted by atomic mass is 35.7. The first kappa shape index (κ1) is 13.5. The molecule has 0 amide bonds. The van der Waals surface area contributed by atoms with E-state index in [1.54, 1.807) is 0 Å². The van der Waals surface area contributed by atoms with Gasteiger partial charge in [-0.05, 0) is 23.8 Å². The fraction of sp³-hybridized carbons (Fsp3) is 0.0909. The Morgan fingerprint density at radius 2 is 2.16 bits per heavy atom. The summed E-state index contributed by atoms with van der Waals surface area (Å²) in [4.78, 5) is -0.133. The van der Waals surface area contributed by atoms with Gasteiger partial charge in [0.25, 0.3) is 9.05 Å². The van der Waals surface area contributed by atoms with Crippen LogP contribution in [0.5, 0.6) is 0 Å². The summed E-state index contributed by atoms with van der Waals surface area (Å²) in [6.07, 6.45) is 2.34. The molecule has 0 unspecified atom stereocenters. The first-order valence-electron chi connectivity index (χ1n) is 5.05. The zero-order valence-electron chi connectivity index (χ0n) is 9.42. The van der Waals surface area contributed by atoms with Crippen molar-refractivity contribution in [3.63, 3.8) is 0 Å². The van der Waals surface area contributed by atoms with Crippen molar-refractivity contribution in [2.75, 3.05) is 0 Å². The highest BCUT2D eigenvalue weighted by Crippen LogP contribution is 2.15. The van der Waals surface area contributed by atoms with Crippen LogP contribution in [0.3, 0.4) is 0 Å². The minimum atomic E-state index is -3.83. The van der Waals surface area contributed by atoms with Crippen LogP contribution in [0.2, 0.25) is 0 Å². The van der Waals surface area contributed by atoms with Crippen molar-refractivity contribution < 1.29 is 12.8 Å². The van der Waals surface area contributed by atoms with Crippen LogP contribution in [0.4, 0.5) is 4.39 Å². The summed E-state index contributed by atoms with van der Waals surface area (Å²) in [6.45, 7) is 0.138. The van der Waals surface area contributed by atoms with Crippen LogP contribution in [0.15, 0.2) is 35.5 Å². The molecule has 2 aromatic rings. The van der Waals surface area contributed by atoms with Gasteiger partial charge in [-0.15, -0.1) is 0 Å². The number of rotatable bonds is 3. The lowest BCUT2D eigenvalue weighted by Crippen LogP contribution is -2.01. The van der Waals surface area contributed by atoms with Crippen LogP contribution in [-0.4, -0.2) is 18.2 Å². The summed E-state index contributed by atoms with van der Waals surface area (Å²) in [7, 11) is 1.33. The van der Waals surface area contributed by atoms with Gasteiger partial charge in [0.1, 0.15) is 10.7 Å². The summed E-state index contributed by atoms with van der Waals surface area (Å²) < 4.78 is 36.6. The minimum Gasteiger partial charge on any atom is -0.267 e.